The van der Waals surface area contributed by atoms with Crippen LogP contribution in [0.3, 0.4) is 0 Å². The van der Waals surface area contributed by atoms with E-state index < -0.39 is 24.0 Å². The molecule has 0 aliphatic heterocycles. The molecule has 0 rings (SSSR count). The molecule has 0 aliphatic carbocycles. The molecule has 0 spiro atoms. The molecule has 0 aromatic heterocycles. The van der Waals surface area contributed by atoms with Crippen LogP contribution in [0.2, 0.25) is 0 Å². The second-order valence-electron chi connectivity index (χ2n) is 1.81. The maximum absolute atomic E-state index is 11.8. The van der Waals surface area contributed by atoms with E-state index >= 15 is 0 Å². The number of halogens is 6. The standard InChI is InChI=1S/C4H3F6S/c5-2(4(8,9)10)3(6,7)1-11/h2H,1H2. The summed E-state index contributed by atoms with van der Waals surface area (Å²) in [5.41, 5.74) is 0. The first-order valence-corrected chi connectivity index (χ1v) is 2.96. The Labute approximate surface area is 64.0 Å². The first-order valence-electron chi connectivity index (χ1n) is 2.38. The Morgan fingerprint density at radius 2 is 1.45 bits per heavy atom. The summed E-state index contributed by atoms with van der Waals surface area (Å²) in [6.45, 7) is 0. The van der Waals surface area contributed by atoms with Gasteiger partial charge in [-0.05, 0) is 0 Å². The van der Waals surface area contributed by atoms with Gasteiger partial charge in [0.15, 0.2) is 0 Å². The van der Waals surface area contributed by atoms with Crippen LogP contribution in [0.25, 0.3) is 0 Å². The highest BCUT2D eigenvalue weighted by molar-refractivity contribution is 7.80. The Kier molecular flexibility index (Phi) is 3.10. The highest BCUT2D eigenvalue weighted by atomic mass is 32.1. The van der Waals surface area contributed by atoms with Gasteiger partial charge in [-0.15, -0.1) is 0 Å². The van der Waals surface area contributed by atoms with Crippen LogP contribution in [0.1, 0.15) is 0 Å². The minimum atomic E-state index is -5.54. The van der Waals surface area contributed by atoms with Crippen LogP contribution in [0, 0.1) is 0 Å². The molecule has 0 N–H and O–H groups in total. The molecule has 0 aromatic rings. The lowest BCUT2D eigenvalue weighted by Crippen LogP contribution is -2.42. The monoisotopic (exact) mass is 197 g/mol. The van der Waals surface area contributed by atoms with Crippen LogP contribution in [-0.4, -0.2) is 24.0 Å². The van der Waals surface area contributed by atoms with Crippen molar-refractivity contribution >= 4 is 12.6 Å². The molecule has 67 valence electrons. The summed E-state index contributed by atoms with van der Waals surface area (Å²) in [6.07, 6.45) is -9.70. The van der Waals surface area contributed by atoms with Gasteiger partial charge in [-0.1, -0.05) is 12.6 Å². The normalized spacial score (nSPS) is 16.6. The van der Waals surface area contributed by atoms with E-state index in [1.165, 1.54) is 0 Å². The van der Waals surface area contributed by atoms with E-state index in [0.29, 0.717) is 0 Å². The molecule has 0 aromatic carbocycles. The van der Waals surface area contributed by atoms with Crippen molar-refractivity contribution in [2.45, 2.75) is 18.3 Å². The molecule has 0 amide bonds. The van der Waals surface area contributed by atoms with Crippen LogP contribution in [0.5, 0.6) is 0 Å². The molecule has 0 fully saturated rings. The maximum Gasteiger partial charge on any atom is 0.425 e. The summed E-state index contributed by atoms with van der Waals surface area (Å²) in [5, 5.41) is 0. The van der Waals surface area contributed by atoms with E-state index in [9.17, 15) is 26.3 Å². The molecule has 0 saturated carbocycles. The average molecular weight is 197 g/mol. The lowest BCUT2D eigenvalue weighted by molar-refractivity contribution is -0.237. The van der Waals surface area contributed by atoms with Gasteiger partial charge in [0.25, 0.3) is 12.1 Å². The smallest absolute Gasteiger partial charge is 0.231 e. The highest BCUT2D eigenvalue weighted by Crippen LogP contribution is 2.35. The van der Waals surface area contributed by atoms with Crippen molar-refractivity contribution in [2.24, 2.45) is 0 Å². The Balaban J connectivity index is 4.35. The van der Waals surface area contributed by atoms with Crippen LogP contribution < -0.4 is 0 Å². The average Bonchev–Trinajstić information content (AvgIpc) is 1.84. The van der Waals surface area contributed by atoms with E-state index in [4.69, 9.17) is 0 Å². The molecule has 0 heterocycles. The SMILES string of the molecule is FC(C(F)(F)F)C(F)(F)C[S]. The van der Waals surface area contributed by atoms with Crippen molar-refractivity contribution in [1.82, 2.24) is 0 Å². The fourth-order valence-corrected chi connectivity index (χ4v) is 0.459. The number of alkyl halides is 6. The molecule has 7 heteroatoms. The first-order chi connectivity index (χ1) is 4.72. The van der Waals surface area contributed by atoms with Gasteiger partial charge in [-0.2, -0.15) is 13.2 Å². The van der Waals surface area contributed by atoms with Crippen LogP contribution in [0.15, 0.2) is 0 Å². The predicted octanol–water partition coefficient (Wildman–Crippen LogP) is 2.72. The Hall–Kier alpha value is -0.0700. The third-order valence-electron chi connectivity index (χ3n) is 0.851. The zero-order chi connectivity index (χ0) is 9.28. The van der Waals surface area contributed by atoms with Crippen molar-refractivity contribution in [1.29, 1.82) is 0 Å². The first kappa shape index (κ1) is 10.9. The van der Waals surface area contributed by atoms with Crippen molar-refractivity contribution in [2.75, 3.05) is 5.75 Å². The Morgan fingerprint density at radius 1 is 1.09 bits per heavy atom. The summed E-state index contributed by atoms with van der Waals surface area (Å²) >= 11 is 3.64. The number of hydrogen-bond donors (Lipinski definition) is 0. The summed E-state index contributed by atoms with van der Waals surface area (Å²) in [5.74, 6) is -6.07. The van der Waals surface area contributed by atoms with Gasteiger partial charge < -0.3 is 0 Å². The molecular formula is C4H3F6S. The van der Waals surface area contributed by atoms with E-state index in [0.717, 1.165) is 0 Å². The number of hydrogen-bond acceptors (Lipinski definition) is 0. The zero-order valence-corrected chi connectivity index (χ0v) is 5.78. The van der Waals surface area contributed by atoms with E-state index in [-0.39, 0.29) is 0 Å². The summed E-state index contributed by atoms with van der Waals surface area (Å²) in [6, 6.07) is 0. The van der Waals surface area contributed by atoms with Gasteiger partial charge in [0, 0.05) is 0 Å². The number of rotatable bonds is 2. The third kappa shape index (κ3) is 2.80. The molecule has 0 bridgehead atoms. The molecule has 11 heavy (non-hydrogen) atoms. The maximum atomic E-state index is 11.8. The van der Waals surface area contributed by atoms with Gasteiger partial charge in [0.05, 0.1) is 5.75 Å². The molecular weight excluding hydrogens is 194 g/mol. The van der Waals surface area contributed by atoms with Crippen molar-refractivity contribution in [3.63, 3.8) is 0 Å². The second kappa shape index (κ2) is 3.12. The third-order valence-corrected chi connectivity index (χ3v) is 1.24. The van der Waals surface area contributed by atoms with Crippen LogP contribution >= 0.6 is 12.6 Å². The fourth-order valence-electron chi connectivity index (χ4n) is 0.313. The highest BCUT2D eigenvalue weighted by Gasteiger charge is 2.56. The topological polar surface area (TPSA) is 0 Å². The fraction of sp³-hybridized carbons (Fsp3) is 1.00. The van der Waals surface area contributed by atoms with Gasteiger partial charge >= 0.3 is 6.18 Å². The molecule has 1 unspecified atom stereocenters. The quantitative estimate of drug-likeness (QED) is 0.597. The molecule has 1 atom stereocenters. The zero-order valence-electron chi connectivity index (χ0n) is 4.96. The van der Waals surface area contributed by atoms with Crippen LogP contribution in [-0.2, 0) is 0 Å². The summed E-state index contributed by atoms with van der Waals surface area (Å²) in [7, 11) is 0. The Bertz CT molecular complexity index is 129. The van der Waals surface area contributed by atoms with Gasteiger partial charge in [-0.3, -0.25) is 0 Å². The van der Waals surface area contributed by atoms with Crippen molar-refractivity contribution in [3.05, 3.63) is 0 Å². The Morgan fingerprint density at radius 3 is 1.55 bits per heavy atom. The lowest BCUT2D eigenvalue weighted by atomic mass is 10.2. The molecule has 0 aliphatic rings. The largest absolute Gasteiger partial charge is 0.425 e. The van der Waals surface area contributed by atoms with E-state index in [1.807, 2.05) is 0 Å². The molecule has 0 nitrogen and oxygen atoms in total. The van der Waals surface area contributed by atoms with Gasteiger partial charge in [0.1, 0.15) is 0 Å². The lowest BCUT2D eigenvalue weighted by Gasteiger charge is -2.19. The van der Waals surface area contributed by atoms with Crippen molar-refractivity contribution < 1.29 is 26.3 Å². The predicted molar refractivity (Wildman–Crippen MR) is 28.4 cm³/mol. The van der Waals surface area contributed by atoms with Gasteiger partial charge in [-0.25, -0.2) is 13.2 Å². The van der Waals surface area contributed by atoms with E-state index in [1.54, 1.807) is 0 Å². The molecule has 0 saturated heterocycles. The van der Waals surface area contributed by atoms with Crippen LogP contribution in [0.4, 0.5) is 26.3 Å². The summed E-state index contributed by atoms with van der Waals surface area (Å²) < 4.78 is 69.1. The van der Waals surface area contributed by atoms with E-state index in [2.05, 4.69) is 12.6 Å². The summed E-state index contributed by atoms with van der Waals surface area (Å²) in [4.78, 5) is 0. The minimum absolute atomic E-state index is 1.58. The second-order valence-corrected chi connectivity index (χ2v) is 2.10. The van der Waals surface area contributed by atoms with Crippen molar-refractivity contribution in [3.8, 4) is 0 Å². The minimum Gasteiger partial charge on any atom is -0.231 e. The van der Waals surface area contributed by atoms with Gasteiger partial charge in [0.2, 0.25) is 0 Å². The molecule has 1 radical (unpaired) electrons.